The molecule has 0 heterocycles. The Bertz CT molecular complexity index is 58.4. The Morgan fingerprint density at radius 2 is 1.82 bits per heavy atom. The van der Waals surface area contributed by atoms with Crippen LogP contribution in [0.5, 0.6) is 0 Å². The zero-order valence-electron chi connectivity index (χ0n) is 7.21. The Hall–Kier alpha value is -0.120. The predicted molar refractivity (Wildman–Crippen MR) is 43.6 cm³/mol. The second-order valence-electron chi connectivity index (χ2n) is 2.39. The lowest BCUT2D eigenvalue weighted by atomic mass is 10.2. The van der Waals surface area contributed by atoms with Crippen LogP contribution < -0.4 is 0 Å². The van der Waals surface area contributed by atoms with E-state index in [2.05, 4.69) is 0 Å². The summed E-state index contributed by atoms with van der Waals surface area (Å²) in [5.74, 6) is 0. The molecule has 0 atom stereocenters. The molecule has 0 saturated carbocycles. The number of methoxy groups -OCH3 is 1. The van der Waals surface area contributed by atoms with E-state index in [1.807, 2.05) is 0 Å². The zero-order chi connectivity index (χ0) is 8.36. The Labute approximate surface area is 68.3 Å². The smallest absolute Gasteiger partial charge is 0.0700 e. The van der Waals surface area contributed by atoms with Crippen molar-refractivity contribution < 1.29 is 14.6 Å². The highest BCUT2D eigenvalue weighted by Gasteiger charge is 1.88. The molecular weight excluding hydrogens is 144 g/mol. The number of ether oxygens (including phenoxy) is 2. The summed E-state index contributed by atoms with van der Waals surface area (Å²) in [4.78, 5) is 0. The van der Waals surface area contributed by atoms with Gasteiger partial charge in [0, 0.05) is 20.3 Å². The molecule has 11 heavy (non-hydrogen) atoms. The topological polar surface area (TPSA) is 38.7 Å². The van der Waals surface area contributed by atoms with E-state index < -0.39 is 0 Å². The summed E-state index contributed by atoms with van der Waals surface area (Å²) >= 11 is 0. The summed E-state index contributed by atoms with van der Waals surface area (Å²) in [5.41, 5.74) is 0. The van der Waals surface area contributed by atoms with Gasteiger partial charge in [-0.05, 0) is 19.3 Å². The number of rotatable bonds is 8. The largest absolute Gasteiger partial charge is 0.396 e. The molecule has 68 valence electrons. The Kier molecular flexibility index (Phi) is 9.77. The van der Waals surface area contributed by atoms with Crippen LogP contribution >= 0.6 is 0 Å². The second kappa shape index (κ2) is 9.88. The van der Waals surface area contributed by atoms with Gasteiger partial charge >= 0.3 is 0 Å². The summed E-state index contributed by atoms with van der Waals surface area (Å²) < 4.78 is 10.0. The highest BCUT2D eigenvalue weighted by atomic mass is 16.5. The van der Waals surface area contributed by atoms with E-state index in [0.717, 1.165) is 25.9 Å². The van der Waals surface area contributed by atoms with E-state index in [9.17, 15) is 0 Å². The van der Waals surface area contributed by atoms with Crippen LogP contribution in [0, 0.1) is 0 Å². The van der Waals surface area contributed by atoms with Crippen molar-refractivity contribution in [2.24, 2.45) is 0 Å². The number of aliphatic hydroxyl groups is 1. The lowest BCUT2D eigenvalue weighted by molar-refractivity contribution is 0.0681. The van der Waals surface area contributed by atoms with Crippen LogP contribution in [-0.4, -0.2) is 38.6 Å². The van der Waals surface area contributed by atoms with Gasteiger partial charge in [-0.1, -0.05) is 0 Å². The molecule has 0 radical (unpaired) electrons. The third kappa shape index (κ3) is 9.88. The molecule has 0 amide bonds. The van der Waals surface area contributed by atoms with Gasteiger partial charge in [0.2, 0.25) is 0 Å². The molecule has 0 unspecified atom stereocenters. The molecule has 0 aromatic rings. The maximum atomic E-state index is 8.45. The van der Waals surface area contributed by atoms with Crippen molar-refractivity contribution in [3.63, 3.8) is 0 Å². The molecule has 0 spiro atoms. The van der Waals surface area contributed by atoms with Crippen molar-refractivity contribution in [1.29, 1.82) is 0 Å². The maximum Gasteiger partial charge on any atom is 0.0700 e. The molecule has 0 aromatic carbocycles. The molecule has 0 rings (SSSR count). The monoisotopic (exact) mass is 162 g/mol. The first-order valence-corrected chi connectivity index (χ1v) is 4.09. The third-order valence-corrected chi connectivity index (χ3v) is 1.38. The van der Waals surface area contributed by atoms with Crippen LogP contribution in [0.3, 0.4) is 0 Å². The van der Waals surface area contributed by atoms with Crippen molar-refractivity contribution in [3.8, 4) is 0 Å². The molecule has 0 fully saturated rings. The van der Waals surface area contributed by atoms with E-state index in [1.165, 1.54) is 0 Å². The quantitative estimate of drug-likeness (QED) is 0.537. The summed E-state index contributed by atoms with van der Waals surface area (Å²) in [5, 5.41) is 8.45. The normalized spacial score (nSPS) is 10.4. The predicted octanol–water partition coefficient (Wildman–Crippen LogP) is 0.812. The van der Waals surface area contributed by atoms with Gasteiger partial charge in [0.05, 0.1) is 13.2 Å². The van der Waals surface area contributed by atoms with Gasteiger partial charge in [-0.3, -0.25) is 0 Å². The van der Waals surface area contributed by atoms with Gasteiger partial charge in [-0.25, -0.2) is 0 Å². The van der Waals surface area contributed by atoms with Crippen LogP contribution in [0.15, 0.2) is 0 Å². The van der Waals surface area contributed by atoms with Gasteiger partial charge in [0.15, 0.2) is 0 Å². The fraction of sp³-hybridized carbons (Fsp3) is 1.00. The van der Waals surface area contributed by atoms with Crippen molar-refractivity contribution in [3.05, 3.63) is 0 Å². The van der Waals surface area contributed by atoms with Crippen molar-refractivity contribution >= 4 is 0 Å². The molecule has 0 aromatic heterocycles. The van der Waals surface area contributed by atoms with Crippen LogP contribution in [0.25, 0.3) is 0 Å². The van der Waals surface area contributed by atoms with E-state index >= 15 is 0 Å². The number of hydrogen-bond acceptors (Lipinski definition) is 3. The third-order valence-electron chi connectivity index (χ3n) is 1.38. The summed E-state index contributed by atoms with van der Waals surface area (Å²) in [6.07, 6.45) is 2.96. The number of hydrogen-bond donors (Lipinski definition) is 1. The van der Waals surface area contributed by atoms with E-state index in [1.54, 1.807) is 7.11 Å². The van der Waals surface area contributed by atoms with Gasteiger partial charge in [-0.15, -0.1) is 0 Å². The molecule has 0 aliphatic carbocycles. The minimum Gasteiger partial charge on any atom is -0.396 e. The SMILES string of the molecule is COCCOCCCCCO. The van der Waals surface area contributed by atoms with Crippen LogP contribution in [0.4, 0.5) is 0 Å². The lowest BCUT2D eigenvalue weighted by Crippen LogP contribution is -2.02. The second-order valence-corrected chi connectivity index (χ2v) is 2.39. The fourth-order valence-corrected chi connectivity index (χ4v) is 0.737. The lowest BCUT2D eigenvalue weighted by Gasteiger charge is -2.01. The average Bonchev–Trinajstić information content (AvgIpc) is 2.03. The van der Waals surface area contributed by atoms with Crippen molar-refractivity contribution in [1.82, 2.24) is 0 Å². The minimum absolute atomic E-state index is 0.290. The van der Waals surface area contributed by atoms with Crippen molar-refractivity contribution in [2.75, 3.05) is 33.5 Å². The molecule has 0 saturated heterocycles. The highest BCUT2D eigenvalue weighted by Crippen LogP contribution is 1.94. The van der Waals surface area contributed by atoms with E-state index in [0.29, 0.717) is 13.2 Å². The van der Waals surface area contributed by atoms with Crippen molar-refractivity contribution in [2.45, 2.75) is 19.3 Å². The molecule has 3 heteroatoms. The van der Waals surface area contributed by atoms with Crippen LogP contribution in [-0.2, 0) is 9.47 Å². The molecule has 1 N–H and O–H groups in total. The highest BCUT2D eigenvalue weighted by molar-refractivity contribution is 4.39. The number of unbranched alkanes of at least 4 members (excludes halogenated alkanes) is 2. The molecule has 3 nitrogen and oxygen atoms in total. The Balaban J connectivity index is 2.69. The summed E-state index contributed by atoms with van der Waals surface area (Å²) in [7, 11) is 1.66. The Morgan fingerprint density at radius 3 is 2.45 bits per heavy atom. The number of aliphatic hydroxyl groups excluding tert-OH is 1. The molecular formula is C8H18O3. The molecule has 0 bridgehead atoms. The van der Waals surface area contributed by atoms with Crippen LogP contribution in [0.1, 0.15) is 19.3 Å². The van der Waals surface area contributed by atoms with Gasteiger partial charge < -0.3 is 14.6 Å². The molecule has 0 aliphatic rings. The summed E-state index contributed by atoms with van der Waals surface area (Å²) in [6, 6.07) is 0. The standard InChI is InChI=1S/C8H18O3/c1-10-7-8-11-6-4-2-3-5-9/h9H,2-8H2,1H3. The van der Waals surface area contributed by atoms with Gasteiger partial charge in [-0.2, -0.15) is 0 Å². The Morgan fingerprint density at radius 1 is 1.00 bits per heavy atom. The maximum absolute atomic E-state index is 8.45. The van der Waals surface area contributed by atoms with Gasteiger partial charge in [0.25, 0.3) is 0 Å². The zero-order valence-corrected chi connectivity index (χ0v) is 7.21. The van der Waals surface area contributed by atoms with Crippen LogP contribution in [0.2, 0.25) is 0 Å². The van der Waals surface area contributed by atoms with E-state index in [-0.39, 0.29) is 6.61 Å². The molecule has 0 aliphatic heterocycles. The first-order valence-electron chi connectivity index (χ1n) is 4.09. The van der Waals surface area contributed by atoms with E-state index in [4.69, 9.17) is 14.6 Å². The summed E-state index contributed by atoms with van der Waals surface area (Å²) in [6.45, 7) is 2.41. The minimum atomic E-state index is 0.290. The van der Waals surface area contributed by atoms with Gasteiger partial charge in [0.1, 0.15) is 0 Å². The first kappa shape index (κ1) is 10.9. The fourth-order valence-electron chi connectivity index (χ4n) is 0.737. The average molecular weight is 162 g/mol. The first-order chi connectivity index (χ1) is 5.41.